The van der Waals surface area contributed by atoms with Gasteiger partial charge in [0.15, 0.2) is 6.10 Å². The summed E-state index contributed by atoms with van der Waals surface area (Å²) in [6.45, 7) is 4.15. The Kier molecular flexibility index (Phi) is 2.18. The summed E-state index contributed by atoms with van der Waals surface area (Å²) in [6, 6.07) is 3.72. The molecule has 2 aliphatic rings. The van der Waals surface area contributed by atoms with E-state index in [0.717, 1.165) is 30.6 Å². The van der Waals surface area contributed by atoms with Crippen molar-refractivity contribution in [2.75, 3.05) is 0 Å². The number of ether oxygens (including phenoxy) is 1. The molecular formula is C14H16O3. The minimum atomic E-state index is -0.254. The summed E-state index contributed by atoms with van der Waals surface area (Å²) in [7, 11) is 0. The fourth-order valence-electron chi connectivity index (χ4n) is 3.24. The summed E-state index contributed by atoms with van der Waals surface area (Å²) in [5.41, 5.74) is 1.85. The van der Waals surface area contributed by atoms with Crippen LogP contribution in [0.15, 0.2) is 34.0 Å². The van der Waals surface area contributed by atoms with Crippen molar-refractivity contribution >= 4 is 5.97 Å². The molecule has 0 amide bonds. The van der Waals surface area contributed by atoms with Gasteiger partial charge in [0.1, 0.15) is 5.76 Å². The highest BCUT2D eigenvalue weighted by molar-refractivity contribution is 5.93. The summed E-state index contributed by atoms with van der Waals surface area (Å²) < 4.78 is 11.0. The maximum Gasteiger partial charge on any atom is 0.335 e. The van der Waals surface area contributed by atoms with Gasteiger partial charge in [0.25, 0.3) is 0 Å². The third kappa shape index (κ3) is 1.38. The molecule has 2 heterocycles. The molecule has 1 saturated heterocycles. The van der Waals surface area contributed by atoms with Gasteiger partial charge in [-0.2, -0.15) is 0 Å². The van der Waals surface area contributed by atoms with Gasteiger partial charge in [-0.15, -0.1) is 0 Å². The Morgan fingerprint density at radius 1 is 1.47 bits per heavy atom. The lowest BCUT2D eigenvalue weighted by Gasteiger charge is -2.32. The Morgan fingerprint density at radius 3 is 3.00 bits per heavy atom. The summed E-state index contributed by atoms with van der Waals surface area (Å²) in [5, 5.41) is 0. The van der Waals surface area contributed by atoms with E-state index >= 15 is 0 Å². The van der Waals surface area contributed by atoms with E-state index in [1.807, 2.05) is 19.1 Å². The van der Waals surface area contributed by atoms with Crippen LogP contribution in [0.1, 0.15) is 45.0 Å². The average Bonchev–Trinajstić information content (AvgIpc) is 2.85. The van der Waals surface area contributed by atoms with Gasteiger partial charge in [-0.1, -0.05) is 12.5 Å². The molecule has 1 aromatic heterocycles. The number of carbonyl (C=O) groups excluding carboxylic acids is 1. The largest absolute Gasteiger partial charge is 0.465 e. The molecule has 90 valence electrons. The van der Waals surface area contributed by atoms with Gasteiger partial charge in [0.05, 0.1) is 6.26 Å². The van der Waals surface area contributed by atoms with E-state index in [1.54, 1.807) is 6.26 Å². The highest BCUT2D eigenvalue weighted by Crippen LogP contribution is 2.55. The summed E-state index contributed by atoms with van der Waals surface area (Å²) in [4.78, 5) is 12.0. The number of rotatable bonds is 1. The van der Waals surface area contributed by atoms with E-state index in [2.05, 4.69) is 6.92 Å². The van der Waals surface area contributed by atoms with E-state index in [4.69, 9.17) is 9.15 Å². The van der Waals surface area contributed by atoms with E-state index in [9.17, 15) is 4.79 Å². The SMILES string of the molecule is CC1=C2C(=O)O[C@@H](c3ccco3)[C@]2(C)CCC1. The first-order chi connectivity index (χ1) is 8.13. The number of fused-ring (bicyclic) bond motifs is 1. The molecule has 1 aliphatic carbocycles. The molecule has 3 rings (SSSR count). The zero-order chi connectivity index (χ0) is 12.0. The molecule has 3 heteroatoms. The first-order valence-corrected chi connectivity index (χ1v) is 6.07. The number of hydrogen-bond acceptors (Lipinski definition) is 3. The van der Waals surface area contributed by atoms with Gasteiger partial charge in [0.2, 0.25) is 0 Å². The lowest BCUT2D eigenvalue weighted by atomic mass is 9.69. The number of cyclic esters (lactones) is 1. The molecule has 0 bridgehead atoms. The van der Waals surface area contributed by atoms with Crippen molar-refractivity contribution in [2.45, 2.75) is 39.2 Å². The minimum absolute atomic E-state index is 0.161. The Bertz CT molecular complexity index is 484. The topological polar surface area (TPSA) is 39.4 Å². The fourth-order valence-corrected chi connectivity index (χ4v) is 3.24. The highest BCUT2D eigenvalue weighted by atomic mass is 16.6. The fraction of sp³-hybridized carbons (Fsp3) is 0.500. The van der Waals surface area contributed by atoms with Crippen LogP contribution in [-0.4, -0.2) is 5.97 Å². The molecule has 0 aromatic carbocycles. The van der Waals surface area contributed by atoms with Crippen LogP contribution in [0.3, 0.4) is 0 Å². The number of furan rings is 1. The molecule has 1 aliphatic heterocycles. The molecule has 1 aromatic rings. The van der Waals surface area contributed by atoms with Gasteiger partial charge in [0, 0.05) is 11.0 Å². The molecule has 1 fully saturated rings. The molecule has 0 N–H and O–H groups in total. The third-order valence-electron chi connectivity index (χ3n) is 4.06. The van der Waals surface area contributed by atoms with Crippen molar-refractivity contribution in [3.63, 3.8) is 0 Å². The van der Waals surface area contributed by atoms with E-state index in [0.29, 0.717) is 0 Å². The summed E-state index contributed by atoms with van der Waals surface area (Å²) >= 11 is 0. The normalized spacial score (nSPS) is 32.6. The van der Waals surface area contributed by atoms with E-state index in [1.165, 1.54) is 5.57 Å². The Balaban J connectivity index is 2.11. The van der Waals surface area contributed by atoms with Gasteiger partial charge >= 0.3 is 5.97 Å². The van der Waals surface area contributed by atoms with Crippen molar-refractivity contribution in [1.29, 1.82) is 0 Å². The Morgan fingerprint density at radius 2 is 2.29 bits per heavy atom. The van der Waals surface area contributed by atoms with Crippen LogP contribution in [0.4, 0.5) is 0 Å². The van der Waals surface area contributed by atoms with Crippen LogP contribution < -0.4 is 0 Å². The standard InChI is InChI=1S/C14H16O3/c1-9-5-3-7-14(2)11(9)13(15)17-12(14)10-6-4-8-16-10/h4,6,8,12H,3,5,7H2,1-2H3/t12-,14+/m0/s1. The van der Waals surface area contributed by atoms with Gasteiger partial charge in [-0.3, -0.25) is 0 Å². The van der Waals surface area contributed by atoms with Crippen molar-refractivity contribution < 1.29 is 13.9 Å². The number of carbonyl (C=O) groups is 1. The third-order valence-corrected chi connectivity index (χ3v) is 4.06. The molecule has 0 saturated carbocycles. The van der Waals surface area contributed by atoms with Crippen LogP contribution in [0.2, 0.25) is 0 Å². The van der Waals surface area contributed by atoms with Gasteiger partial charge in [-0.25, -0.2) is 4.79 Å². The van der Waals surface area contributed by atoms with E-state index < -0.39 is 0 Å². The zero-order valence-electron chi connectivity index (χ0n) is 10.2. The van der Waals surface area contributed by atoms with Gasteiger partial charge < -0.3 is 9.15 Å². The molecule has 0 unspecified atom stereocenters. The molecule has 0 radical (unpaired) electrons. The second-order valence-corrected chi connectivity index (χ2v) is 5.23. The van der Waals surface area contributed by atoms with Crippen LogP contribution >= 0.6 is 0 Å². The van der Waals surface area contributed by atoms with Crippen LogP contribution in [-0.2, 0) is 9.53 Å². The molecule has 17 heavy (non-hydrogen) atoms. The van der Waals surface area contributed by atoms with Crippen LogP contribution in [0.25, 0.3) is 0 Å². The maximum atomic E-state index is 12.0. The first kappa shape index (κ1) is 10.6. The molecule has 0 spiro atoms. The number of esters is 1. The lowest BCUT2D eigenvalue weighted by molar-refractivity contribution is -0.141. The monoisotopic (exact) mass is 232 g/mol. The second kappa shape index (κ2) is 3.49. The molecular weight excluding hydrogens is 216 g/mol. The highest BCUT2D eigenvalue weighted by Gasteiger charge is 2.53. The van der Waals surface area contributed by atoms with Crippen molar-refractivity contribution in [2.24, 2.45) is 5.41 Å². The Hall–Kier alpha value is -1.51. The van der Waals surface area contributed by atoms with Gasteiger partial charge in [-0.05, 0) is 38.3 Å². The zero-order valence-corrected chi connectivity index (χ0v) is 10.2. The predicted octanol–water partition coefficient (Wildman–Crippen LogP) is 3.38. The quantitative estimate of drug-likeness (QED) is 0.697. The minimum Gasteiger partial charge on any atom is -0.465 e. The van der Waals surface area contributed by atoms with Crippen LogP contribution in [0, 0.1) is 5.41 Å². The second-order valence-electron chi connectivity index (χ2n) is 5.23. The average molecular weight is 232 g/mol. The molecule has 2 atom stereocenters. The summed E-state index contributed by atoms with van der Waals surface area (Å²) in [5.74, 6) is 0.594. The van der Waals surface area contributed by atoms with Crippen molar-refractivity contribution in [3.8, 4) is 0 Å². The lowest BCUT2D eigenvalue weighted by Crippen LogP contribution is -2.26. The van der Waals surface area contributed by atoms with Crippen molar-refractivity contribution in [3.05, 3.63) is 35.3 Å². The van der Waals surface area contributed by atoms with Crippen LogP contribution in [0.5, 0.6) is 0 Å². The molecule has 3 nitrogen and oxygen atoms in total. The summed E-state index contributed by atoms with van der Waals surface area (Å²) in [6.07, 6.45) is 4.47. The van der Waals surface area contributed by atoms with Crippen molar-refractivity contribution in [1.82, 2.24) is 0 Å². The smallest absolute Gasteiger partial charge is 0.335 e. The number of hydrogen-bond donors (Lipinski definition) is 0. The predicted molar refractivity (Wildman–Crippen MR) is 62.2 cm³/mol. The first-order valence-electron chi connectivity index (χ1n) is 6.07. The Labute approximate surface area is 100 Å². The maximum absolute atomic E-state index is 12.0. The van der Waals surface area contributed by atoms with E-state index in [-0.39, 0.29) is 17.5 Å². The number of allylic oxidation sites excluding steroid dienone is 1.